The molecule has 2 aliphatic rings. The van der Waals surface area contributed by atoms with Crippen LogP contribution in [0.1, 0.15) is 50.2 Å². The number of methoxy groups -OCH3 is 1. The zero-order valence-electron chi connectivity index (χ0n) is 12.7. The summed E-state index contributed by atoms with van der Waals surface area (Å²) in [5.74, 6) is 0.333. The largest absolute Gasteiger partial charge is 0.496 e. The molecule has 1 unspecified atom stereocenters. The van der Waals surface area contributed by atoms with Crippen LogP contribution in [0.5, 0.6) is 5.75 Å². The first kappa shape index (κ1) is 14.8. The van der Waals surface area contributed by atoms with Crippen molar-refractivity contribution in [3.63, 3.8) is 0 Å². The van der Waals surface area contributed by atoms with Crippen molar-refractivity contribution in [3.05, 3.63) is 29.6 Å². The van der Waals surface area contributed by atoms with E-state index in [1.807, 2.05) is 0 Å². The molecule has 3 nitrogen and oxygen atoms in total. The van der Waals surface area contributed by atoms with Crippen LogP contribution in [0.4, 0.5) is 4.39 Å². The number of morpholine rings is 1. The van der Waals surface area contributed by atoms with Crippen molar-refractivity contribution in [1.29, 1.82) is 0 Å². The number of halogens is 1. The Labute approximate surface area is 125 Å². The standard InChI is InChI=1S/C17H24FNO2/c1-20-14-8-6-7-13(18)16(14)15-11-19-12-17(21-15)9-4-2-3-5-10-17/h6-8,15,19H,2-5,9-12H2,1H3. The van der Waals surface area contributed by atoms with E-state index in [0.29, 0.717) is 17.9 Å². The molecule has 1 spiro atoms. The maximum absolute atomic E-state index is 14.3. The Morgan fingerprint density at radius 1 is 1.24 bits per heavy atom. The number of rotatable bonds is 2. The van der Waals surface area contributed by atoms with Gasteiger partial charge in [0.05, 0.1) is 18.3 Å². The van der Waals surface area contributed by atoms with Gasteiger partial charge in [0.15, 0.2) is 0 Å². The first-order valence-corrected chi connectivity index (χ1v) is 7.95. The van der Waals surface area contributed by atoms with E-state index in [1.165, 1.54) is 31.7 Å². The topological polar surface area (TPSA) is 30.5 Å². The lowest BCUT2D eigenvalue weighted by Gasteiger charge is -2.42. The van der Waals surface area contributed by atoms with E-state index in [-0.39, 0.29) is 17.5 Å². The third kappa shape index (κ3) is 3.06. The van der Waals surface area contributed by atoms with Crippen molar-refractivity contribution >= 4 is 0 Å². The number of nitrogens with one attached hydrogen (secondary N) is 1. The lowest BCUT2D eigenvalue weighted by atomic mass is 9.91. The van der Waals surface area contributed by atoms with Crippen molar-refractivity contribution in [2.75, 3.05) is 20.2 Å². The first-order chi connectivity index (χ1) is 10.2. The predicted octanol–water partition coefficient (Wildman–Crippen LogP) is 3.59. The molecular formula is C17H24FNO2. The van der Waals surface area contributed by atoms with Crippen LogP contribution in [0.15, 0.2) is 18.2 Å². The van der Waals surface area contributed by atoms with Gasteiger partial charge in [-0.05, 0) is 25.0 Å². The molecule has 1 saturated carbocycles. The second kappa shape index (κ2) is 6.32. The van der Waals surface area contributed by atoms with Gasteiger partial charge in [-0.3, -0.25) is 0 Å². The van der Waals surface area contributed by atoms with Crippen molar-refractivity contribution < 1.29 is 13.9 Å². The van der Waals surface area contributed by atoms with Crippen LogP contribution in [0.2, 0.25) is 0 Å². The molecule has 4 heteroatoms. The summed E-state index contributed by atoms with van der Waals surface area (Å²) in [4.78, 5) is 0. The van der Waals surface area contributed by atoms with Crippen molar-refractivity contribution in [2.24, 2.45) is 0 Å². The van der Waals surface area contributed by atoms with E-state index in [9.17, 15) is 4.39 Å². The number of ether oxygens (including phenoxy) is 2. The number of benzene rings is 1. The molecule has 116 valence electrons. The van der Waals surface area contributed by atoms with Gasteiger partial charge in [0.2, 0.25) is 0 Å². The van der Waals surface area contributed by atoms with Gasteiger partial charge in [-0.2, -0.15) is 0 Å². The van der Waals surface area contributed by atoms with E-state index in [0.717, 1.165) is 19.4 Å². The Hall–Kier alpha value is -1.13. The zero-order valence-corrected chi connectivity index (χ0v) is 12.7. The SMILES string of the molecule is COc1cccc(F)c1C1CNCC2(CCCCCC2)O1. The van der Waals surface area contributed by atoms with Gasteiger partial charge < -0.3 is 14.8 Å². The number of hydrogen-bond acceptors (Lipinski definition) is 3. The number of hydrogen-bond donors (Lipinski definition) is 1. The molecule has 2 fully saturated rings. The monoisotopic (exact) mass is 293 g/mol. The van der Waals surface area contributed by atoms with Gasteiger partial charge in [-0.25, -0.2) is 4.39 Å². The summed E-state index contributed by atoms with van der Waals surface area (Å²) in [5.41, 5.74) is 0.419. The van der Waals surface area contributed by atoms with Crippen LogP contribution in [0.3, 0.4) is 0 Å². The fourth-order valence-electron chi connectivity index (χ4n) is 3.65. The highest BCUT2D eigenvalue weighted by molar-refractivity contribution is 5.37. The minimum absolute atomic E-state index is 0.132. The molecule has 3 rings (SSSR count). The van der Waals surface area contributed by atoms with Gasteiger partial charge in [-0.1, -0.05) is 31.7 Å². The molecule has 21 heavy (non-hydrogen) atoms. The second-order valence-corrected chi connectivity index (χ2v) is 6.19. The minimum Gasteiger partial charge on any atom is -0.496 e. The Morgan fingerprint density at radius 3 is 2.71 bits per heavy atom. The van der Waals surface area contributed by atoms with Crippen LogP contribution in [0, 0.1) is 5.82 Å². The lowest BCUT2D eigenvalue weighted by molar-refractivity contribution is -0.127. The molecule has 0 aromatic heterocycles. The van der Waals surface area contributed by atoms with Gasteiger partial charge in [0.25, 0.3) is 0 Å². The van der Waals surface area contributed by atoms with Gasteiger partial charge in [0, 0.05) is 13.1 Å². The van der Waals surface area contributed by atoms with Crippen molar-refractivity contribution in [2.45, 2.75) is 50.2 Å². The maximum Gasteiger partial charge on any atom is 0.132 e. The maximum atomic E-state index is 14.3. The summed E-state index contributed by atoms with van der Waals surface area (Å²) < 4.78 is 26.0. The van der Waals surface area contributed by atoms with Crippen molar-refractivity contribution in [3.8, 4) is 5.75 Å². The molecular weight excluding hydrogens is 269 g/mol. The molecule has 1 aliphatic carbocycles. The van der Waals surface area contributed by atoms with Crippen LogP contribution >= 0.6 is 0 Å². The molecule has 1 atom stereocenters. The summed E-state index contributed by atoms with van der Waals surface area (Å²) in [7, 11) is 1.58. The van der Waals surface area contributed by atoms with Crippen LogP contribution < -0.4 is 10.1 Å². The minimum atomic E-state index is -0.270. The second-order valence-electron chi connectivity index (χ2n) is 6.19. The fourth-order valence-corrected chi connectivity index (χ4v) is 3.65. The van der Waals surface area contributed by atoms with Crippen LogP contribution in [0.25, 0.3) is 0 Å². The van der Waals surface area contributed by atoms with Crippen LogP contribution in [-0.4, -0.2) is 25.8 Å². The van der Waals surface area contributed by atoms with E-state index in [4.69, 9.17) is 9.47 Å². The average Bonchev–Trinajstić information content (AvgIpc) is 2.72. The quantitative estimate of drug-likeness (QED) is 0.904. The Morgan fingerprint density at radius 2 is 2.00 bits per heavy atom. The molecule has 0 amide bonds. The van der Waals surface area contributed by atoms with E-state index in [1.54, 1.807) is 19.2 Å². The Bertz CT molecular complexity index is 484. The summed E-state index contributed by atoms with van der Waals surface area (Å²) in [6.45, 7) is 1.51. The van der Waals surface area contributed by atoms with E-state index in [2.05, 4.69) is 5.32 Å². The highest BCUT2D eigenvalue weighted by atomic mass is 19.1. The average molecular weight is 293 g/mol. The molecule has 1 saturated heterocycles. The fraction of sp³-hybridized carbons (Fsp3) is 0.647. The smallest absolute Gasteiger partial charge is 0.132 e. The first-order valence-electron chi connectivity index (χ1n) is 7.95. The Balaban J connectivity index is 1.86. The van der Waals surface area contributed by atoms with Crippen LogP contribution in [-0.2, 0) is 4.74 Å². The van der Waals surface area contributed by atoms with Gasteiger partial charge in [0.1, 0.15) is 17.7 Å². The molecule has 1 aromatic carbocycles. The van der Waals surface area contributed by atoms with Crippen molar-refractivity contribution in [1.82, 2.24) is 5.32 Å². The predicted molar refractivity (Wildman–Crippen MR) is 80.1 cm³/mol. The molecule has 0 radical (unpaired) electrons. The lowest BCUT2D eigenvalue weighted by Crippen LogP contribution is -2.50. The van der Waals surface area contributed by atoms with Gasteiger partial charge in [-0.15, -0.1) is 0 Å². The zero-order chi connectivity index (χ0) is 14.7. The third-order valence-electron chi connectivity index (χ3n) is 4.74. The molecule has 1 heterocycles. The van der Waals surface area contributed by atoms with E-state index >= 15 is 0 Å². The molecule has 1 aromatic rings. The summed E-state index contributed by atoms with van der Waals surface area (Å²) in [6, 6.07) is 4.96. The summed E-state index contributed by atoms with van der Waals surface area (Å²) >= 11 is 0. The third-order valence-corrected chi connectivity index (χ3v) is 4.74. The van der Waals surface area contributed by atoms with E-state index < -0.39 is 0 Å². The van der Waals surface area contributed by atoms with Gasteiger partial charge >= 0.3 is 0 Å². The summed E-state index contributed by atoms with van der Waals surface area (Å²) in [5, 5.41) is 3.45. The summed E-state index contributed by atoms with van der Waals surface area (Å²) in [6.07, 6.45) is 6.80. The molecule has 1 N–H and O–H groups in total. The highest BCUT2D eigenvalue weighted by Gasteiger charge is 2.39. The molecule has 0 bridgehead atoms. The normalized spacial score (nSPS) is 25.5. The highest BCUT2D eigenvalue weighted by Crippen LogP contribution is 2.40. The molecule has 1 aliphatic heterocycles. The Kier molecular flexibility index (Phi) is 4.45.